The van der Waals surface area contributed by atoms with Crippen LogP contribution in [0.1, 0.15) is 20.3 Å². The van der Waals surface area contributed by atoms with Crippen LogP contribution >= 0.6 is 0 Å². The van der Waals surface area contributed by atoms with Gasteiger partial charge in [0, 0.05) is 38.2 Å². The summed E-state index contributed by atoms with van der Waals surface area (Å²) in [7, 11) is 2.05. The van der Waals surface area contributed by atoms with Gasteiger partial charge in [0.05, 0.1) is 10.4 Å². The lowest BCUT2D eigenvalue weighted by Crippen LogP contribution is -2.57. The van der Waals surface area contributed by atoms with Crippen LogP contribution in [-0.4, -0.2) is 55.9 Å². The van der Waals surface area contributed by atoms with E-state index in [1.807, 2.05) is 14.1 Å². The summed E-state index contributed by atoms with van der Waals surface area (Å²) in [6, 6.07) is 4.67. The smallest absolute Gasteiger partial charge is 0.408 e. The third kappa shape index (κ3) is 2.68. The van der Waals surface area contributed by atoms with Gasteiger partial charge in [-0.05, 0) is 44.0 Å². The molecule has 0 unspecified atom stereocenters. The first kappa shape index (κ1) is 18.7. The lowest BCUT2D eigenvalue weighted by Gasteiger charge is -2.57. The summed E-state index contributed by atoms with van der Waals surface area (Å²) in [5.41, 5.74) is 1.06. The number of aromatic nitrogens is 1. The number of nitrogens with zero attached hydrogens (tertiary/aromatic N) is 3. The minimum Gasteiger partial charge on any atom is -0.408 e. The van der Waals surface area contributed by atoms with Crippen LogP contribution in [-0.2, 0) is 17.1 Å². The lowest BCUT2D eigenvalue weighted by molar-refractivity contribution is -0.0789. The second kappa shape index (κ2) is 5.68. The normalized spacial score (nSPS) is 27.9. The summed E-state index contributed by atoms with van der Waals surface area (Å²) in [5.74, 6) is -0.147. The molecule has 1 aliphatic carbocycles. The van der Waals surface area contributed by atoms with Gasteiger partial charge >= 0.3 is 5.76 Å². The van der Waals surface area contributed by atoms with E-state index in [0.717, 1.165) is 13.0 Å². The van der Waals surface area contributed by atoms with E-state index < -0.39 is 15.8 Å². The van der Waals surface area contributed by atoms with Crippen LogP contribution in [0.15, 0.2) is 32.3 Å². The van der Waals surface area contributed by atoms with E-state index in [-0.39, 0.29) is 15.7 Å². The third-order valence-corrected chi connectivity index (χ3v) is 8.21. The molecule has 7 nitrogen and oxygen atoms in total. The van der Waals surface area contributed by atoms with Crippen molar-refractivity contribution >= 4 is 21.1 Å². The van der Waals surface area contributed by atoms with Gasteiger partial charge < -0.3 is 9.32 Å². The molecule has 0 N–H and O–H groups in total. The van der Waals surface area contributed by atoms with Crippen LogP contribution in [0.25, 0.3) is 11.1 Å². The Morgan fingerprint density at radius 2 is 2.00 bits per heavy atom. The van der Waals surface area contributed by atoms with Gasteiger partial charge in [-0.1, -0.05) is 13.8 Å². The van der Waals surface area contributed by atoms with Crippen molar-refractivity contribution in [1.82, 2.24) is 13.8 Å². The van der Waals surface area contributed by atoms with Gasteiger partial charge in [0.2, 0.25) is 10.0 Å². The van der Waals surface area contributed by atoms with E-state index >= 15 is 0 Å². The molecule has 1 aromatic carbocycles. The van der Waals surface area contributed by atoms with E-state index in [2.05, 4.69) is 18.7 Å². The Morgan fingerprint density at radius 1 is 1.30 bits per heavy atom. The highest BCUT2D eigenvalue weighted by atomic mass is 32.2. The Balaban J connectivity index is 1.70. The standard InChI is InChI=1S/C19H27N3O4S/c1-18(2)10-19(11-20(3)4)12-22(9-16(18)19)27(24,25)13-6-7-14-15(8-13)26-17(23)21(14)5/h6-8,16H,9-12H2,1-5H3/t16-,19+/m1/s1. The van der Waals surface area contributed by atoms with Crippen molar-refractivity contribution < 1.29 is 12.8 Å². The van der Waals surface area contributed by atoms with Crippen molar-refractivity contribution in [2.45, 2.75) is 25.2 Å². The number of hydrogen-bond acceptors (Lipinski definition) is 5. The number of fused-ring (bicyclic) bond motifs is 2. The summed E-state index contributed by atoms with van der Waals surface area (Å²) in [4.78, 5) is 14.0. The van der Waals surface area contributed by atoms with Crippen LogP contribution in [0.3, 0.4) is 0 Å². The lowest BCUT2D eigenvalue weighted by atomic mass is 9.48. The van der Waals surface area contributed by atoms with Crippen molar-refractivity contribution in [1.29, 1.82) is 0 Å². The molecular formula is C19H27N3O4S. The largest absolute Gasteiger partial charge is 0.419 e. The first-order valence-corrected chi connectivity index (χ1v) is 10.6. The molecule has 2 heterocycles. The molecular weight excluding hydrogens is 366 g/mol. The number of rotatable bonds is 4. The molecule has 2 atom stereocenters. The van der Waals surface area contributed by atoms with Crippen molar-refractivity contribution in [3.05, 3.63) is 28.7 Å². The van der Waals surface area contributed by atoms with Crippen LogP contribution in [0.4, 0.5) is 0 Å². The summed E-state index contributed by atoms with van der Waals surface area (Å²) in [5, 5.41) is 0. The predicted molar refractivity (Wildman–Crippen MR) is 103 cm³/mol. The Bertz CT molecular complexity index is 1060. The molecule has 2 fully saturated rings. The quantitative estimate of drug-likeness (QED) is 0.791. The van der Waals surface area contributed by atoms with Crippen molar-refractivity contribution in [2.75, 3.05) is 33.7 Å². The van der Waals surface area contributed by atoms with Gasteiger partial charge in [-0.25, -0.2) is 13.2 Å². The topological polar surface area (TPSA) is 75.8 Å². The highest BCUT2D eigenvalue weighted by molar-refractivity contribution is 7.89. The molecule has 1 aliphatic heterocycles. The summed E-state index contributed by atoms with van der Waals surface area (Å²) in [6.07, 6.45) is 1.03. The molecule has 0 radical (unpaired) electrons. The monoisotopic (exact) mass is 393 g/mol. The van der Waals surface area contributed by atoms with Crippen LogP contribution in [0, 0.1) is 16.7 Å². The fraction of sp³-hybridized carbons (Fsp3) is 0.632. The average molecular weight is 394 g/mol. The summed E-state index contributed by atoms with van der Waals surface area (Å²) in [6.45, 7) is 6.43. The first-order chi connectivity index (χ1) is 12.5. The Kier molecular flexibility index (Phi) is 3.94. The fourth-order valence-corrected chi connectivity index (χ4v) is 7.10. The zero-order chi connectivity index (χ0) is 19.8. The van der Waals surface area contributed by atoms with Crippen LogP contribution in [0.2, 0.25) is 0 Å². The molecule has 148 valence electrons. The molecule has 1 saturated carbocycles. The van der Waals surface area contributed by atoms with E-state index in [0.29, 0.717) is 30.1 Å². The first-order valence-electron chi connectivity index (χ1n) is 9.21. The van der Waals surface area contributed by atoms with Crippen LogP contribution < -0.4 is 5.76 Å². The maximum atomic E-state index is 13.3. The van der Waals surface area contributed by atoms with Gasteiger partial charge in [0.25, 0.3) is 0 Å². The molecule has 1 saturated heterocycles. The Morgan fingerprint density at radius 3 is 2.63 bits per heavy atom. The van der Waals surface area contributed by atoms with Crippen molar-refractivity contribution in [2.24, 2.45) is 23.8 Å². The molecule has 4 rings (SSSR count). The van der Waals surface area contributed by atoms with E-state index in [1.54, 1.807) is 23.5 Å². The van der Waals surface area contributed by atoms with E-state index in [4.69, 9.17) is 4.42 Å². The Hall–Kier alpha value is -1.64. The summed E-state index contributed by atoms with van der Waals surface area (Å²) < 4.78 is 34.8. The zero-order valence-electron chi connectivity index (χ0n) is 16.5. The molecule has 2 aromatic rings. The molecule has 1 aromatic heterocycles. The maximum absolute atomic E-state index is 13.3. The van der Waals surface area contributed by atoms with Crippen LogP contribution in [0.5, 0.6) is 0 Å². The third-order valence-electron chi connectivity index (χ3n) is 6.40. The highest BCUT2D eigenvalue weighted by Gasteiger charge is 2.64. The number of benzene rings is 1. The van der Waals surface area contributed by atoms with E-state index in [1.165, 1.54) is 10.6 Å². The second-order valence-electron chi connectivity index (χ2n) is 9.17. The zero-order valence-corrected chi connectivity index (χ0v) is 17.3. The fourth-order valence-electron chi connectivity index (χ4n) is 5.53. The summed E-state index contributed by atoms with van der Waals surface area (Å²) >= 11 is 0. The van der Waals surface area contributed by atoms with Gasteiger partial charge in [-0.2, -0.15) is 4.31 Å². The maximum Gasteiger partial charge on any atom is 0.419 e. The minimum atomic E-state index is -3.64. The Labute approximate surface area is 159 Å². The number of aryl methyl sites for hydroxylation is 1. The minimum absolute atomic E-state index is 0.0173. The van der Waals surface area contributed by atoms with Crippen molar-refractivity contribution in [3.8, 4) is 0 Å². The number of sulfonamides is 1. The molecule has 0 amide bonds. The molecule has 0 bridgehead atoms. The van der Waals surface area contributed by atoms with Crippen molar-refractivity contribution in [3.63, 3.8) is 0 Å². The van der Waals surface area contributed by atoms with Gasteiger partial charge in [0.1, 0.15) is 0 Å². The highest BCUT2D eigenvalue weighted by Crippen LogP contribution is 2.63. The van der Waals surface area contributed by atoms with Gasteiger partial charge in [-0.15, -0.1) is 0 Å². The molecule has 8 heteroatoms. The molecule has 27 heavy (non-hydrogen) atoms. The predicted octanol–water partition coefficient (Wildman–Crippen LogP) is 1.73. The second-order valence-corrected chi connectivity index (χ2v) is 11.1. The number of hydrogen-bond donors (Lipinski definition) is 0. The van der Waals surface area contributed by atoms with Gasteiger partial charge in [-0.3, -0.25) is 4.57 Å². The van der Waals surface area contributed by atoms with Gasteiger partial charge in [0.15, 0.2) is 5.58 Å². The molecule has 2 aliphatic rings. The molecule has 0 spiro atoms. The SMILES string of the molecule is CN(C)C[C@@]12CN(S(=O)(=O)c3ccc4c(c3)oc(=O)n4C)C[C@@H]1C(C)(C)C2. The number of oxazole rings is 1. The average Bonchev–Trinajstić information content (AvgIpc) is 3.02. The van der Waals surface area contributed by atoms with E-state index in [9.17, 15) is 13.2 Å².